The fraction of sp³-hybridized carbons (Fsp3) is 0.923. The molecule has 0 aromatic heterocycles. The normalized spacial score (nSPS) is 11.6. The van der Waals surface area contributed by atoms with Gasteiger partial charge in [-0.2, -0.15) is 0 Å². The van der Waals surface area contributed by atoms with Crippen molar-refractivity contribution >= 4 is 5.91 Å². The fourth-order valence-electron chi connectivity index (χ4n) is 1.74. The number of hydrogen-bond acceptors (Lipinski definition) is 3. The number of rotatable bonds is 8. The van der Waals surface area contributed by atoms with Crippen molar-refractivity contribution in [1.82, 2.24) is 9.80 Å². The molecule has 0 aromatic carbocycles. The van der Waals surface area contributed by atoms with Crippen molar-refractivity contribution in [1.29, 1.82) is 0 Å². The van der Waals surface area contributed by atoms with E-state index in [0.717, 1.165) is 13.1 Å². The van der Waals surface area contributed by atoms with Crippen LogP contribution in [-0.4, -0.2) is 60.6 Å². The first-order chi connectivity index (χ1) is 7.86. The van der Waals surface area contributed by atoms with E-state index in [4.69, 9.17) is 5.11 Å². The van der Waals surface area contributed by atoms with Crippen LogP contribution in [0.15, 0.2) is 0 Å². The van der Waals surface area contributed by atoms with Crippen molar-refractivity contribution in [2.75, 3.05) is 39.8 Å². The fourth-order valence-corrected chi connectivity index (χ4v) is 1.74. The van der Waals surface area contributed by atoms with Crippen LogP contribution >= 0.6 is 0 Å². The van der Waals surface area contributed by atoms with Gasteiger partial charge in [-0.05, 0) is 18.9 Å². The molecule has 102 valence electrons. The van der Waals surface area contributed by atoms with E-state index < -0.39 is 0 Å². The van der Waals surface area contributed by atoms with Crippen LogP contribution in [0.25, 0.3) is 0 Å². The van der Waals surface area contributed by atoms with Gasteiger partial charge in [-0.1, -0.05) is 27.7 Å². The highest BCUT2D eigenvalue weighted by Crippen LogP contribution is 2.05. The highest BCUT2D eigenvalue weighted by atomic mass is 16.3. The molecule has 0 aliphatic heterocycles. The van der Waals surface area contributed by atoms with E-state index in [2.05, 4.69) is 27.7 Å². The quantitative estimate of drug-likeness (QED) is 0.694. The maximum atomic E-state index is 12.1. The summed E-state index contributed by atoms with van der Waals surface area (Å²) in [6, 6.07) is 0. The van der Waals surface area contributed by atoms with E-state index in [1.165, 1.54) is 0 Å². The van der Waals surface area contributed by atoms with Crippen molar-refractivity contribution in [2.24, 2.45) is 11.8 Å². The molecule has 0 heterocycles. The zero-order valence-electron chi connectivity index (χ0n) is 11.9. The molecule has 1 amide bonds. The van der Waals surface area contributed by atoms with Gasteiger partial charge < -0.3 is 10.0 Å². The first-order valence-corrected chi connectivity index (χ1v) is 6.44. The Bertz CT molecular complexity index is 207. The lowest BCUT2D eigenvalue weighted by Gasteiger charge is -2.28. The highest BCUT2D eigenvalue weighted by Gasteiger charge is 2.17. The first kappa shape index (κ1) is 16.4. The van der Waals surface area contributed by atoms with Crippen LogP contribution in [0.5, 0.6) is 0 Å². The van der Waals surface area contributed by atoms with Crippen molar-refractivity contribution in [2.45, 2.75) is 27.7 Å². The zero-order chi connectivity index (χ0) is 13.4. The molecule has 0 atom stereocenters. The standard InChI is InChI=1S/C13H28N2O2/c1-11(2)8-15(9-12(3)4)13(17)10-14(5)6-7-16/h11-12,16H,6-10H2,1-5H3. The molecule has 1 N–H and O–H groups in total. The first-order valence-electron chi connectivity index (χ1n) is 6.44. The molecule has 4 nitrogen and oxygen atoms in total. The van der Waals surface area contributed by atoms with Crippen LogP contribution < -0.4 is 0 Å². The Morgan fingerprint density at radius 1 is 1.12 bits per heavy atom. The Hall–Kier alpha value is -0.610. The number of aliphatic hydroxyl groups is 1. The van der Waals surface area contributed by atoms with E-state index in [1.807, 2.05) is 16.8 Å². The lowest BCUT2D eigenvalue weighted by atomic mass is 10.1. The second-order valence-electron chi connectivity index (χ2n) is 5.55. The summed E-state index contributed by atoms with van der Waals surface area (Å²) in [7, 11) is 1.86. The molecular weight excluding hydrogens is 216 g/mol. The number of aliphatic hydroxyl groups excluding tert-OH is 1. The van der Waals surface area contributed by atoms with Crippen molar-refractivity contribution in [3.8, 4) is 0 Å². The monoisotopic (exact) mass is 244 g/mol. The van der Waals surface area contributed by atoms with Crippen LogP contribution in [0, 0.1) is 11.8 Å². The van der Waals surface area contributed by atoms with Crippen molar-refractivity contribution in [3.05, 3.63) is 0 Å². The lowest BCUT2D eigenvalue weighted by Crippen LogP contribution is -2.43. The average Bonchev–Trinajstić information content (AvgIpc) is 2.15. The number of carbonyl (C=O) groups excluding carboxylic acids is 1. The Balaban J connectivity index is 4.30. The predicted molar refractivity (Wildman–Crippen MR) is 70.8 cm³/mol. The van der Waals surface area contributed by atoms with Gasteiger partial charge in [0.15, 0.2) is 0 Å². The van der Waals surface area contributed by atoms with E-state index in [-0.39, 0.29) is 12.5 Å². The van der Waals surface area contributed by atoms with Gasteiger partial charge in [-0.25, -0.2) is 0 Å². The van der Waals surface area contributed by atoms with Crippen LogP contribution in [0.3, 0.4) is 0 Å². The minimum absolute atomic E-state index is 0.0954. The summed E-state index contributed by atoms with van der Waals surface area (Å²) >= 11 is 0. The molecule has 17 heavy (non-hydrogen) atoms. The molecule has 0 unspecified atom stereocenters. The van der Waals surface area contributed by atoms with Crippen LogP contribution in [0.2, 0.25) is 0 Å². The lowest BCUT2D eigenvalue weighted by molar-refractivity contribution is -0.133. The average molecular weight is 244 g/mol. The molecule has 0 saturated heterocycles. The molecular formula is C13H28N2O2. The van der Waals surface area contributed by atoms with Gasteiger partial charge in [0, 0.05) is 19.6 Å². The third-order valence-electron chi connectivity index (χ3n) is 2.41. The van der Waals surface area contributed by atoms with Gasteiger partial charge >= 0.3 is 0 Å². The zero-order valence-corrected chi connectivity index (χ0v) is 11.9. The molecule has 0 aliphatic rings. The second kappa shape index (κ2) is 8.48. The molecule has 0 aliphatic carbocycles. The SMILES string of the molecule is CC(C)CN(CC(C)C)C(=O)CN(C)CCO. The second-order valence-corrected chi connectivity index (χ2v) is 5.55. The van der Waals surface area contributed by atoms with Crippen LogP contribution in [0.1, 0.15) is 27.7 Å². The number of likely N-dealkylation sites (N-methyl/N-ethyl adjacent to an activating group) is 1. The van der Waals surface area contributed by atoms with Gasteiger partial charge in [0.25, 0.3) is 0 Å². The van der Waals surface area contributed by atoms with E-state index in [0.29, 0.717) is 24.9 Å². The minimum Gasteiger partial charge on any atom is -0.395 e. The van der Waals surface area contributed by atoms with E-state index >= 15 is 0 Å². The summed E-state index contributed by atoms with van der Waals surface area (Å²) in [5.41, 5.74) is 0. The Morgan fingerprint density at radius 3 is 1.94 bits per heavy atom. The summed E-state index contributed by atoms with van der Waals surface area (Å²) in [5, 5.41) is 8.81. The third-order valence-corrected chi connectivity index (χ3v) is 2.41. The number of nitrogens with zero attached hydrogens (tertiary/aromatic N) is 2. The summed E-state index contributed by atoms with van der Waals surface area (Å²) in [6.45, 7) is 11.1. The Labute approximate surface area is 106 Å². The molecule has 0 saturated carbocycles. The topological polar surface area (TPSA) is 43.8 Å². The largest absolute Gasteiger partial charge is 0.395 e. The van der Waals surface area contributed by atoms with Crippen LogP contribution in [-0.2, 0) is 4.79 Å². The third kappa shape index (κ3) is 8.16. The van der Waals surface area contributed by atoms with E-state index in [9.17, 15) is 4.79 Å². The van der Waals surface area contributed by atoms with Gasteiger partial charge in [-0.3, -0.25) is 9.69 Å². The van der Waals surface area contributed by atoms with E-state index in [1.54, 1.807) is 0 Å². The molecule has 0 aromatic rings. The maximum Gasteiger partial charge on any atom is 0.236 e. The highest BCUT2D eigenvalue weighted by molar-refractivity contribution is 5.78. The molecule has 0 rings (SSSR count). The van der Waals surface area contributed by atoms with Gasteiger partial charge in [-0.15, -0.1) is 0 Å². The Morgan fingerprint density at radius 2 is 1.59 bits per heavy atom. The van der Waals surface area contributed by atoms with Crippen molar-refractivity contribution < 1.29 is 9.90 Å². The summed E-state index contributed by atoms with van der Waals surface area (Å²) in [5.74, 6) is 1.13. The summed E-state index contributed by atoms with van der Waals surface area (Å²) < 4.78 is 0. The van der Waals surface area contributed by atoms with Gasteiger partial charge in [0.1, 0.15) is 0 Å². The molecule has 4 heteroatoms. The van der Waals surface area contributed by atoms with Crippen molar-refractivity contribution in [3.63, 3.8) is 0 Å². The number of carbonyl (C=O) groups is 1. The molecule has 0 bridgehead atoms. The van der Waals surface area contributed by atoms with Gasteiger partial charge in [0.2, 0.25) is 5.91 Å². The molecule has 0 spiro atoms. The van der Waals surface area contributed by atoms with Gasteiger partial charge in [0.05, 0.1) is 13.2 Å². The summed E-state index contributed by atoms with van der Waals surface area (Å²) in [6.07, 6.45) is 0. The minimum atomic E-state index is 0.0954. The Kier molecular flexibility index (Phi) is 8.17. The number of amides is 1. The molecule has 0 radical (unpaired) electrons. The maximum absolute atomic E-state index is 12.1. The summed E-state index contributed by atoms with van der Waals surface area (Å²) in [4.78, 5) is 15.9. The molecule has 0 fully saturated rings. The smallest absolute Gasteiger partial charge is 0.236 e. The number of hydrogen-bond donors (Lipinski definition) is 1. The predicted octanol–water partition coefficient (Wildman–Crippen LogP) is 1.05. The van der Waals surface area contributed by atoms with Crippen LogP contribution in [0.4, 0.5) is 0 Å².